The Balaban J connectivity index is 2.22. The molecule has 2 aromatic heterocycles. The first-order chi connectivity index (χ1) is 7.66. The van der Waals surface area contributed by atoms with Crippen molar-refractivity contribution in [2.75, 3.05) is 0 Å². The molecule has 2 heterocycles. The monoisotopic (exact) mass is 302 g/mol. The normalized spacial score (nSPS) is 10.6. The van der Waals surface area contributed by atoms with Crippen LogP contribution in [0.25, 0.3) is 11.4 Å². The lowest BCUT2D eigenvalue weighted by Crippen LogP contribution is -2.07. The Morgan fingerprint density at radius 1 is 1.62 bits per heavy atom. The fourth-order valence-electron chi connectivity index (χ4n) is 1.19. The van der Waals surface area contributed by atoms with Gasteiger partial charge < -0.3 is 5.11 Å². The van der Waals surface area contributed by atoms with Crippen LogP contribution in [0.5, 0.6) is 0 Å². The zero-order valence-corrected chi connectivity index (χ0v) is 10.4. The van der Waals surface area contributed by atoms with Crippen LogP contribution in [0.3, 0.4) is 0 Å². The minimum Gasteiger partial charge on any atom is -0.481 e. The maximum absolute atomic E-state index is 10.5. The van der Waals surface area contributed by atoms with E-state index in [-0.39, 0.29) is 13.0 Å². The van der Waals surface area contributed by atoms with Crippen LogP contribution in [0.1, 0.15) is 6.42 Å². The van der Waals surface area contributed by atoms with Gasteiger partial charge >= 0.3 is 5.97 Å². The highest BCUT2D eigenvalue weighted by Crippen LogP contribution is 2.27. The summed E-state index contributed by atoms with van der Waals surface area (Å²) < 4.78 is 2.47. The molecule has 2 aromatic rings. The van der Waals surface area contributed by atoms with E-state index in [4.69, 9.17) is 5.11 Å². The summed E-state index contributed by atoms with van der Waals surface area (Å²) in [4.78, 5) is 10.5. The predicted molar refractivity (Wildman–Crippen MR) is 61.1 cm³/mol. The zero-order chi connectivity index (χ0) is 11.5. The molecule has 0 aromatic carbocycles. The van der Waals surface area contributed by atoms with Gasteiger partial charge in [0.05, 0.1) is 16.8 Å². The molecule has 16 heavy (non-hydrogen) atoms. The van der Waals surface area contributed by atoms with Gasteiger partial charge in [0.25, 0.3) is 0 Å². The van der Waals surface area contributed by atoms with Gasteiger partial charge in [0.1, 0.15) is 0 Å². The third-order valence-corrected chi connectivity index (χ3v) is 3.40. The summed E-state index contributed by atoms with van der Waals surface area (Å²) in [7, 11) is 0. The lowest BCUT2D eigenvalue weighted by atomic mass is 10.3. The Kier molecular flexibility index (Phi) is 3.30. The molecular weight excluding hydrogens is 296 g/mol. The summed E-state index contributed by atoms with van der Waals surface area (Å²) in [5.41, 5.74) is 0.882. The van der Waals surface area contributed by atoms with Crippen LogP contribution in [0.15, 0.2) is 15.2 Å². The number of hydrogen-bond donors (Lipinski definition) is 1. The topological polar surface area (TPSA) is 80.9 Å². The van der Waals surface area contributed by atoms with E-state index in [1.165, 1.54) is 16.0 Å². The van der Waals surface area contributed by atoms with Gasteiger partial charge in [0.2, 0.25) is 0 Å². The van der Waals surface area contributed by atoms with Crippen LogP contribution < -0.4 is 0 Å². The second kappa shape index (κ2) is 4.71. The number of aliphatic carboxylic acids is 1. The quantitative estimate of drug-likeness (QED) is 0.928. The average molecular weight is 303 g/mol. The number of carbonyl (C=O) groups is 1. The number of tetrazole rings is 1. The standard InChI is InChI=1S/C8H7BrN4O2S/c9-6-3-5(4-16-6)8-10-11-12-13(8)2-1-7(14)15/h3-4H,1-2H2,(H,14,15). The van der Waals surface area contributed by atoms with Crippen molar-refractivity contribution in [2.45, 2.75) is 13.0 Å². The van der Waals surface area contributed by atoms with Gasteiger partial charge in [-0.15, -0.1) is 16.4 Å². The molecule has 8 heteroatoms. The third-order valence-electron chi connectivity index (χ3n) is 1.90. The summed E-state index contributed by atoms with van der Waals surface area (Å²) >= 11 is 4.88. The Bertz CT molecular complexity index is 510. The molecule has 2 rings (SSSR count). The molecule has 0 bridgehead atoms. The second-order valence-electron chi connectivity index (χ2n) is 3.01. The molecule has 0 saturated heterocycles. The smallest absolute Gasteiger partial charge is 0.305 e. The Morgan fingerprint density at radius 3 is 3.06 bits per heavy atom. The number of nitrogens with zero attached hydrogens (tertiary/aromatic N) is 4. The van der Waals surface area contributed by atoms with Gasteiger partial charge in [0, 0.05) is 10.9 Å². The Morgan fingerprint density at radius 2 is 2.44 bits per heavy atom. The first kappa shape index (κ1) is 11.2. The van der Waals surface area contributed by atoms with E-state index in [0.717, 1.165) is 9.35 Å². The van der Waals surface area contributed by atoms with Crippen molar-refractivity contribution >= 4 is 33.2 Å². The number of aromatic nitrogens is 4. The van der Waals surface area contributed by atoms with Gasteiger partial charge in [0.15, 0.2) is 5.82 Å². The molecule has 0 aliphatic rings. The molecule has 0 spiro atoms. The van der Waals surface area contributed by atoms with E-state index >= 15 is 0 Å². The predicted octanol–water partition coefficient (Wildman–Crippen LogP) is 1.64. The van der Waals surface area contributed by atoms with Crippen molar-refractivity contribution in [2.24, 2.45) is 0 Å². The average Bonchev–Trinajstić information content (AvgIpc) is 2.82. The van der Waals surface area contributed by atoms with Crippen molar-refractivity contribution in [3.8, 4) is 11.4 Å². The second-order valence-corrected chi connectivity index (χ2v) is 5.30. The number of rotatable bonds is 4. The van der Waals surface area contributed by atoms with Crippen molar-refractivity contribution in [3.05, 3.63) is 15.2 Å². The van der Waals surface area contributed by atoms with Crippen molar-refractivity contribution in [1.82, 2.24) is 20.2 Å². The van der Waals surface area contributed by atoms with Gasteiger partial charge in [-0.2, -0.15) is 0 Å². The fourth-order valence-corrected chi connectivity index (χ4v) is 2.33. The number of halogens is 1. The van der Waals surface area contributed by atoms with Gasteiger partial charge in [-0.1, -0.05) is 0 Å². The molecule has 0 atom stereocenters. The van der Waals surface area contributed by atoms with Crippen molar-refractivity contribution in [3.63, 3.8) is 0 Å². The molecule has 0 fully saturated rings. The number of carboxylic acids is 1. The highest BCUT2D eigenvalue weighted by atomic mass is 79.9. The molecule has 0 saturated carbocycles. The van der Waals surface area contributed by atoms with E-state index in [1.54, 1.807) is 0 Å². The molecule has 0 aliphatic carbocycles. The van der Waals surface area contributed by atoms with Crippen LogP contribution >= 0.6 is 27.3 Å². The summed E-state index contributed by atoms with van der Waals surface area (Å²) in [6.07, 6.45) is 0.00332. The molecule has 0 amide bonds. The molecule has 6 nitrogen and oxygen atoms in total. The summed E-state index contributed by atoms with van der Waals surface area (Å²) in [6.45, 7) is 0.269. The van der Waals surface area contributed by atoms with Crippen LogP contribution in [0.2, 0.25) is 0 Å². The van der Waals surface area contributed by atoms with Crippen molar-refractivity contribution < 1.29 is 9.90 Å². The lowest BCUT2D eigenvalue weighted by molar-refractivity contribution is -0.137. The molecule has 1 N–H and O–H groups in total. The minimum atomic E-state index is -0.868. The lowest BCUT2D eigenvalue weighted by Gasteiger charge is -1.99. The highest BCUT2D eigenvalue weighted by Gasteiger charge is 2.11. The van der Waals surface area contributed by atoms with E-state index in [1.807, 2.05) is 11.4 Å². The molecule has 0 aliphatic heterocycles. The van der Waals surface area contributed by atoms with Gasteiger partial charge in [-0.3, -0.25) is 4.79 Å². The number of aryl methyl sites for hydroxylation is 1. The molecule has 84 valence electrons. The maximum Gasteiger partial charge on any atom is 0.305 e. The summed E-state index contributed by atoms with van der Waals surface area (Å²) in [6, 6.07) is 1.90. The maximum atomic E-state index is 10.5. The van der Waals surface area contributed by atoms with Crippen LogP contribution in [-0.2, 0) is 11.3 Å². The molecule has 0 unspecified atom stereocenters. The van der Waals surface area contributed by atoms with E-state index in [0.29, 0.717) is 5.82 Å². The van der Waals surface area contributed by atoms with Crippen molar-refractivity contribution in [1.29, 1.82) is 0 Å². The zero-order valence-electron chi connectivity index (χ0n) is 8.00. The first-order valence-electron chi connectivity index (χ1n) is 4.39. The van der Waals surface area contributed by atoms with E-state index in [9.17, 15) is 4.79 Å². The first-order valence-corrected chi connectivity index (χ1v) is 6.06. The number of thiophene rings is 1. The van der Waals surface area contributed by atoms with Crippen LogP contribution in [0.4, 0.5) is 0 Å². The van der Waals surface area contributed by atoms with Crippen LogP contribution in [-0.4, -0.2) is 31.3 Å². The van der Waals surface area contributed by atoms with Gasteiger partial charge in [-0.05, 0) is 32.4 Å². The number of hydrogen-bond acceptors (Lipinski definition) is 5. The molecule has 0 radical (unpaired) electrons. The number of carboxylic acid groups (broad SMARTS) is 1. The summed E-state index contributed by atoms with van der Waals surface area (Å²) in [5, 5.41) is 21.7. The van der Waals surface area contributed by atoms with Gasteiger partial charge in [-0.25, -0.2) is 4.68 Å². The Hall–Kier alpha value is -1.28. The molecular formula is C8H7BrN4O2S. The third kappa shape index (κ3) is 2.45. The van der Waals surface area contributed by atoms with E-state index < -0.39 is 5.97 Å². The summed E-state index contributed by atoms with van der Waals surface area (Å²) in [5.74, 6) is -0.281. The Labute approximate surface area is 103 Å². The SMILES string of the molecule is O=C(O)CCn1nnnc1-c1csc(Br)c1. The largest absolute Gasteiger partial charge is 0.481 e. The van der Waals surface area contributed by atoms with Crippen LogP contribution in [0, 0.1) is 0 Å². The highest BCUT2D eigenvalue weighted by molar-refractivity contribution is 9.11. The van der Waals surface area contributed by atoms with E-state index in [2.05, 4.69) is 31.5 Å². The minimum absolute atomic E-state index is 0.00332. The fraction of sp³-hybridized carbons (Fsp3) is 0.250.